The van der Waals surface area contributed by atoms with Gasteiger partial charge >= 0.3 is 5.97 Å². The van der Waals surface area contributed by atoms with E-state index in [1.165, 1.54) is 12.3 Å². The van der Waals surface area contributed by atoms with E-state index in [2.05, 4.69) is 27.0 Å². The highest BCUT2D eigenvalue weighted by Gasteiger charge is 2.21. The predicted octanol–water partition coefficient (Wildman–Crippen LogP) is 4.68. The normalized spacial score (nSPS) is 16.1. The van der Waals surface area contributed by atoms with Crippen molar-refractivity contribution in [3.05, 3.63) is 89.4 Å². The largest absolute Gasteiger partial charge is 0.477 e. The summed E-state index contributed by atoms with van der Waals surface area (Å²) in [4.78, 5) is 19.3. The molecule has 37 heavy (non-hydrogen) atoms. The van der Waals surface area contributed by atoms with E-state index in [0.717, 1.165) is 48.5 Å². The molecular formula is C28H26N4O5. The number of hydrogen-bond donors (Lipinski definition) is 1. The fraction of sp³-hybridized carbons (Fsp3) is 0.286. The van der Waals surface area contributed by atoms with E-state index in [1.54, 1.807) is 12.3 Å². The molecule has 0 saturated carbocycles. The molecule has 9 nitrogen and oxygen atoms in total. The third-order valence-electron chi connectivity index (χ3n) is 6.00. The minimum atomic E-state index is -1.07. The zero-order valence-corrected chi connectivity index (χ0v) is 20.3. The van der Waals surface area contributed by atoms with Gasteiger partial charge in [-0.15, -0.1) is 0 Å². The minimum Gasteiger partial charge on any atom is -0.477 e. The van der Waals surface area contributed by atoms with E-state index < -0.39 is 5.97 Å². The number of benzene rings is 1. The molecule has 0 aliphatic carbocycles. The lowest BCUT2D eigenvalue weighted by Gasteiger charge is -2.26. The van der Waals surface area contributed by atoms with Crippen LogP contribution in [0.25, 0.3) is 11.3 Å². The number of ether oxygens (including phenoxy) is 2. The first-order valence-electron chi connectivity index (χ1n) is 12.1. The summed E-state index contributed by atoms with van der Waals surface area (Å²) in [7, 11) is 0. The summed E-state index contributed by atoms with van der Waals surface area (Å²) < 4.78 is 19.4. The number of hydrogen-bond acceptors (Lipinski definition) is 7. The van der Waals surface area contributed by atoms with E-state index >= 15 is 0 Å². The molecule has 0 bridgehead atoms. The molecule has 0 radical (unpaired) electrons. The third-order valence-corrected chi connectivity index (χ3v) is 6.00. The van der Waals surface area contributed by atoms with Crippen molar-refractivity contribution >= 4 is 5.97 Å². The summed E-state index contributed by atoms with van der Waals surface area (Å²) in [6.07, 6.45) is 7.81. The average Bonchev–Trinajstić information content (AvgIpc) is 3.59. The average molecular weight is 499 g/mol. The Hall–Kier alpha value is -4.26. The molecule has 1 saturated heterocycles. The van der Waals surface area contributed by atoms with Crippen LogP contribution in [0.4, 0.5) is 0 Å². The van der Waals surface area contributed by atoms with Gasteiger partial charge in [-0.25, -0.2) is 14.8 Å². The summed E-state index contributed by atoms with van der Waals surface area (Å²) in [5.74, 6) is 6.45. The minimum absolute atomic E-state index is 0.0116. The molecule has 188 valence electrons. The van der Waals surface area contributed by atoms with Gasteiger partial charge < -0.3 is 23.7 Å². The van der Waals surface area contributed by atoms with E-state index in [1.807, 2.05) is 48.0 Å². The second-order valence-corrected chi connectivity index (χ2v) is 8.73. The maximum absolute atomic E-state index is 10.9. The Morgan fingerprint density at radius 1 is 1.16 bits per heavy atom. The summed E-state index contributed by atoms with van der Waals surface area (Å²) in [6, 6.07) is 12.6. The quantitative estimate of drug-likeness (QED) is 0.366. The highest BCUT2D eigenvalue weighted by Crippen LogP contribution is 2.25. The molecule has 1 aliphatic rings. The molecule has 5 rings (SSSR count). The number of carboxylic acids is 1. The van der Waals surface area contributed by atoms with Gasteiger partial charge in [-0.1, -0.05) is 17.0 Å². The monoisotopic (exact) mass is 498 g/mol. The number of pyridine rings is 1. The van der Waals surface area contributed by atoms with Crippen LogP contribution in [0, 0.1) is 11.8 Å². The summed E-state index contributed by atoms with van der Waals surface area (Å²) >= 11 is 0. The SMILES string of the molecule is C[C@H](OC1CCCCO1)c1nccn1Cc1cc(-c2ccc(C#Cc3ccc(C(=O)O)nc3)cc2)on1. The van der Waals surface area contributed by atoms with Crippen LogP contribution in [0.5, 0.6) is 0 Å². The topological polar surface area (TPSA) is 112 Å². The van der Waals surface area contributed by atoms with Crippen molar-refractivity contribution < 1.29 is 23.9 Å². The van der Waals surface area contributed by atoms with Gasteiger partial charge in [0.05, 0.1) is 6.54 Å². The Morgan fingerprint density at radius 3 is 2.70 bits per heavy atom. The molecule has 4 aromatic rings. The smallest absolute Gasteiger partial charge is 0.354 e. The Kier molecular flexibility index (Phi) is 7.40. The van der Waals surface area contributed by atoms with Crippen molar-refractivity contribution in [1.29, 1.82) is 0 Å². The molecule has 4 heterocycles. The van der Waals surface area contributed by atoms with Crippen LogP contribution in [0.1, 0.15) is 65.4 Å². The van der Waals surface area contributed by atoms with Gasteiger partial charge in [-0.2, -0.15) is 0 Å². The number of carbonyl (C=O) groups is 1. The number of rotatable bonds is 7. The van der Waals surface area contributed by atoms with Gasteiger partial charge in [-0.3, -0.25) is 0 Å². The highest BCUT2D eigenvalue weighted by molar-refractivity contribution is 5.85. The van der Waals surface area contributed by atoms with Crippen molar-refractivity contribution in [2.24, 2.45) is 0 Å². The summed E-state index contributed by atoms with van der Waals surface area (Å²) in [6.45, 7) is 3.23. The van der Waals surface area contributed by atoms with Crippen LogP contribution in [0.3, 0.4) is 0 Å². The molecule has 0 amide bonds. The molecule has 9 heteroatoms. The zero-order valence-electron chi connectivity index (χ0n) is 20.3. The Balaban J connectivity index is 1.22. The van der Waals surface area contributed by atoms with Crippen molar-refractivity contribution in [2.75, 3.05) is 6.61 Å². The maximum atomic E-state index is 10.9. The first-order valence-corrected chi connectivity index (χ1v) is 12.1. The molecule has 1 aromatic carbocycles. The molecule has 0 spiro atoms. The first kappa shape index (κ1) is 24.4. The number of aromatic carboxylic acids is 1. The van der Waals surface area contributed by atoms with E-state index in [0.29, 0.717) is 17.9 Å². The van der Waals surface area contributed by atoms with Crippen LogP contribution in [0.15, 0.2) is 65.6 Å². The second-order valence-electron chi connectivity index (χ2n) is 8.73. The van der Waals surface area contributed by atoms with Crippen LogP contribution in [0.2, 0.25) is 0 Å². The third kappa shape index (κ3) is 6.12. The number of aromatic nitrogens is 4. The molecule has 3 aromatic heterocycles. The Bertz CT molecular complexity index is 1410. The Morgan fingerprint density at radius 2 is 1.97 bits per heavy atom. The lowest BCUT2D eigenvalue weighted by molar-refractivity contribution is -0.188. The Labute approximate surface area is 214 Å². The highest BCUT2D eigenvalue weighted by atomic mass is 16.7. The van der Waals surface area contributed by atoms with E-state index in [-0.39, 0.29) is 18.1 Å². The standard InChI is InChI=1S/C28H26N4O5/c1-19(36-26-4-2-3-15-35-26)27-29-13-14-32(27)18-23-16-25(37-31-23)22-10-7-20(8-11-22)5-6-21-9-12-24(28(33)34)30-17-21/h7-14,16-17,19,26H,2-4,15,18H2,1H3,(H,33,34)/t19-,26?/m0/s1. The van der Waals surface area contributed by atoms with Crippen LogP contribution >= 0.6 is 0 Å². The maximum Gasteiger partial charge on any atom is 0.354 e. The van der Waals surface area contributed by atoms with E-state index in [4.69, 9.17) is 19.1 Å². The van der Waals surface area contributed by atoms with Crippen molar-refractivity contribution in [3.63, 3.8) is 0 Å². The second kappa shape index (κ2) is 11.2. The molecular weight excluding hydrogens is 472 g/mol. The number of nitrogens with zero attached hydrogens (tertiary/aromatic N) is 4. The van der Waals surface area contributed by atoms with Gasteiger partial charge in [0.1, 0.15) is 23.3 Å². The van der Waals surface area contributed by atoms with Crippen LogP contribution in [-0.4, -0.2) is 43.7 Å². The van der Waals surface area contributed by atoms with Crippen molar-refractivity contribution in [2.45, 2.75) is 45.1 Å². The van der Waals surface area contributed by atoms with Gasteiger partial charge in [0, 0.05) is 48.0 Å². The van der Waals surface area contributed by atoms with Gasteiger partial charge in [0.25, 0.3) is 0 Å². The van der Waals surface area contributed by atoms with Gasteiger partial charge in [0.15, 0.2) is 12.1 Å². The molecule has 1 fully saturated rings. The van der Waals surface area contributed by atoms with Gasteiger partial charge in [-0.05, 0) is 62.6 Å². The summed E-state index contributed by atoms with van der Waals surface area (Å²) in [5.41, 5.74) is 3.09. The fourth-order valence-electron chi connectivity index (χ4n) is 4.07. The lowest BCUT2D eigenvalue weighted by Crippen LogP contribution is -2.24. The van der Waals surface area contributed by atoms with Crippen LogP contribution < -0.4 is 0 Å². The van der Waals surface area contributed by atoms with Crippen molar-refractivity contribution in [3.8, 4) is 23.2 Å². The van der Waals surface area contributed by atoms with Crippen molar-refractivity contribution in [1.82, 2.24) is 19.7 Å². The lowest BCUT2D eigenvalue weighted by atomic mass is 10.1. The molecule has 2 atom stereocenters. The first-order chi connectivity index (χ1) is 18.0. The van der Waals surface area contributed by atoms with E-state index in [9.17, 15) is 4.79 Å². The zero-order chi connectivity index (χ0) is 25.6. The molecule has 1 aliphatic heterocycles. The number of imidazole rings is 1. The predicted molar refractivity (Wildman–Crippen MR) is 134 cm³/mol. The number of carboxylic acid groups (broad SMARTS) is 1. The van der Waals surface area contributed by atoms with Crippen LogP contribution in [-0.2, 0) is 16.0 Å². The molecule has 1 N–H and O–H groups in total. The van der Waals surface area contributed by atoms with Gasteiger partial charge in [0.2, 0.25) is 0 Å². The fourth-order valence-corrected chi connectivity index (χ4v) is 4.07. The summed E-state index contributed by atoms with van der Waals surface area (Å²) in [5, 5.41) is 13.2. The molecule has 1 unspecified atom stereocenters.